The fraction of sp³-hybridized carbons (Fsp3) is 0.176. The molecular formula is C17H16N2O3S. The second kappa shape index (κ2) is 5.96. The highest BCUT2D eigenvalue weighted by molar-refractivity contribution is 8.02. The van der Waals surface area contributed by atoms with Gasteiger partial charge in [0.2, 0.25) is 11.8 Å². The van der Waals surface area contributed by atoms with Crippen LogP contribution in [-0.4, -0.2) is 23.7 Å². The van der Waals surface area contributed by atoms with Crippen molar-refractivity contribution >= 4 is 35.0 Å². The predicted molar refractivity (Wildman–Crippen MR) is 91.0 cm³/mol. The molecule has 118 valence electrons. The van der Waals surface area contributed by atoms with Gasteiger partial charge in [-0.15, -0.1) is 0 Å². The number of methoxy groups -OCH3 is 1. The summed E-state index contributed by atoms with van der Waals surface area (Å²) in [6.45, 7) is 1.62. The molecule has 2 aromatic rings. The quantitative estimate of drug-likeness (QED) is 0.850. The van der Waals surface area contributed by atoms with E-state index in [0.29, 0.717) is 11.4 Å². The number of thioether (sulfide) groups is 1. The third-order valence-corrected chi connectivity index (χ3v) is 5.00. The summed E-state index contributed by atoms with van der Waals surface area (Å²) in [6.07, 6.45) is 0. The number of anilines is 2. The van der Waals surface area contributed by atoms with Gasteiger partial charge < -0.3 is 15.4 Å². The van der Waals surface area contributed by atoms with E-state index in [0.717, 1.165) is 10.6 Å². The summed E-state index contributed by atoms with van der Waals surface area (Å²) in [5.74, 6) is -0.0663. The van der Waals surface area contributed by atoms with Gasteiger partial charge in [0.1, 0.15) is 5.75 Å². The van der Waals surface area contributed by atoms with Gasteiger partial charge >= 0.3 is 0 Å². The molecule has 23 heavy (non-hydrogen) atoms. The van der Waals surface area contributed by atoms with E-state index >= 15 is 0 Å². The molecule has 6 heteroatoms. The van der Waals surface area contributed by atoms with E-state index in [2.05, 4.69) is 10.6 Å². The van der Waals surface area contributed by atoms with Crippen LogP contribution in [0.2, 0.25) is 0 Å². The van der Waals surface area contributed by atoms with Gasteiger partial charge in [-0.2, -0.15) is 0 Å². The van der Waals surface area contributed by atoms with Crippen molar-refractivity contribution in [3.05, 3.63) is 48.5 Å². The molecule has 0 spiro atoms. The number of carbonyl (C=O) groups is 2. The van der Waals surface area contributed by atoms with Crippen molar-refractivity contribution in [1.82, 2.24) is 0 Å². The standard InChI is InChI=1S/C17H16N2O3S/c1-17(15(20)18-11-6-5-7-12(10-11)22-2)16(21)19-13-8-3-4-9-14(13)23-17/h3-10H,1-2H3,(H,18,20)(H,19,21). The average Bonchev–Trinajstić information content (AvgIpc) is 2.56. The number of para-hydroxylation sites is 1. The lowest BCUT2D eigenvalue weighted by Crippen LogP contribution is -2.49. The Balaban J connectivity index is 1.85. The topological polar surface area (TPSA) is 67.4 Å². The predicted octanol–water partition coefficient (Wildman–Crippen LogP) is 3.14. The molecule has 1 heterocycles. The number of rotatable bonds is 3. The Bertz CT molecular complexity index is 778. The van der Waals surface area contributed by atoms with Crippen LogP contribution in [0.3, 0.4) is 0 Å². The minimum Gasteiger partial charge on any atom is -0.497 e. The third kappa shape index (κ3) is 2.90. The molecule has 0 fully saturated rings. The summed E-state index contributed by atoms with van der Waals surface area (Å²) in [7, 11) is 1.56. The molecule has 5 nitrogen and oxygen atoms in total. The summed E-state index contributed by atoms with van der Waals surface area (Å²) in [6, 6.07) is 14.5. The largest absolute Gasteiger partial charge is 0.497 e. The third-order valence-electron chi connectivity index (χ3n) is 3.64. The van der Waals surface area contributed by atoms with Crippen molar-refractivity contribution in [2.45, 2.75) is 16.6 Å². The highest BCUT2D eigenvalue weighted by Crippen LogP contribution is 2.42. The van der Waals surface area contributed by atoms with Gasteiger partial charge in [0.25, 0.3) is 0 Å². The van der Waals surface area contributed by atoms with Gasteiger partial charge in [-0.25, -0.2) is 0 Å². The maximum atomic E-state index is 12.7. The molecule has 1 unspecified atom stereocenters. The highest BCUT2D eigenvalue weighted by atomic mass is 32.2. The van der Waals surface area contributed by atoms with Crippen molar-refractivity contribution < 1.29 is 14.3 Å². The Morgan fingerprint density at radius 1 is 1.22 bits per heavy atom. The van der Waals surface area contributed by atoms with Gasteiger partial charge in [-0.05, 0) is 31.2 Å². The van der Waals surface area contributed by atoms with Crippen LogP contribution in [0.5, 0.6) is 5.75 Å². The Morgan fingerprint density at radius 2 is 2.00 bits per heavy atom. The molecule has 2 N–H and O–H groups in total. The van der Waals surface area contributed by atoms with Crippen LogP contribution in [0.15, 0.2) is 53.4 Å². The fourth-order valence-electron chi connectivity index (χ4n) is 2.27. The molecule has 1 aliphatic heterocycles. The van der Waals surface area contributed by atoms with Gasteiger partial charge in [-0.1, -0.05) is 30.0 Å². The van der Waals surface area contributed by atoms with Crippen molar-refractivity contribution in [2.24, 2.45) is 0 Å². The molecule has 1 aliphatic rings. The second-order valence-corrected chi connectivity index (χ2v) is 6.73. The smallest absolute Gasteiger partial charge is 0.250 e. The number of amides is 2. The van der Waals surface area contributed by atoms with Crippen LogP contribution in [0.1, 0.15) is 6.92 Å². The Kier molecular flexibility index (Phi) is 4.00. The van der Waals surface area contributed by atoms with E-state index in [1.165, 1.54) is 11.8 Å². The highest BCUT2D eigenvalue weighted by Gasteiger charge is 2.45. The monoisotopic (exact) mass is 328 g/mol. The number of nitrogens with one attached hydrogen (secondary N) is 2. The van der Waals surface area contributed by atoms with Crippen LogP contribution >= 0.6 is 11.8 Å². The number of hydrogen-bond donors (Lipinski definition) is 2. The summed E-state index contributed by atoms with van der Waals surface area (Å²) >= 11 is 1.25. The maximum Gasteiger partial charge on any atom is 0.250 e. The van der Waals surface area contributed by atoms with Crippen molar-refractivity contribution in [1.29, 1.82) is 0 Å². The summed E-state index contributed by atoms with van der Waals surface area (Å²) in [5, 5.41) is 5.58. The van der Waals surface area contributed by atoms with Crippen LogP contribution < -0.4 is 15.4 Å². The van der Waals surface area contributed by atoms with Crippen molar-refractivity contribution in [3.63, 3.8) is 0 Å². The summed E-state index contributed by atoms with van der Waals surface area (Å²) in [5.41, 5.74) is 1.32. The molecule has 0 aromatic heterocycles. The van der Waals surface area contributed by atoms with Crippen molar-refractivity contribution in [3.8, 4) is 5.75 Å². The Morgan fingerprint density at radius 3 is 2.78 bits per heavy atom. The number of fused-ring (bicyclic) bond motifs is 1. The summed E-state index contributed by atoms with van der Waals surface area (Å²) < 4.78 is 3.90. The maximum absolute atomic E-state index is 12.7. The molecule has 3 rings (SSSR count). The first-order valence-electron chi connectivity index (χ1n) is 7.08. The number of benzene rings is 2. The average molecular weight is 328 g/mol. The fourth-order valence-corrected chi connectivity index (χ4v) is 3.37. The zero-order valence-corrected chi connectivity index (χ0v) is 13.6. The van der Waals surface area contributed by atoms with Gasteiger partial charge in [0.15, 0.2) is 4.75 Å². The van der Waals surface area contributed by atoms with Crippen LogP contribution in [-0.2, 0) is 9.59 Å². The van der Waals surface area contributed by atoms with E-state index in [9.17, 15) is 9.59 Å². The van der Waals surface area contributed by atoms with E-state index in [1.807, 2.05) is 24.3 Å². The van der Waals surface area contributed by atoms with E-state index in [1.54, 1.807) is 38.3 Å². The number of hydrogen-bond acceptors (Lipinski definition) is 4. The minimum absolute atomic E-state index is 0.332. The molecule has 0 bridgehead atoms. The molecule has 2 amide bonds. The van der Waals surface area contributed by atoms with Crippen LogP contribution in [0.25, 0.3) is 0 Å². The lowest BCUT2D eigenvalue weighted by atomic mass is 10.1. The van der Waals surface area contributed by atoms with Crippen molar-refractivity contribution in [2.75, 3.05) is 17.7 Å². The second-order valence-electron chi connectivity index (χ2n) is 5.27. The Hall–Kier alpha value is -2.47. The number of ether oxygens (including phenoxy) is 1. The van der Waals surface area contributed by atoms with E-state index < -0.39 is 4.75 Å². The molecule has 2 aromatic carbocycles. The van der Waals surface area contributed by atoms with Gasteiger partial charge in [0, 0.05) is 16.6 Å². The molecular weight excluding hydrogens is 312 g/mol. The first-order valence-corrected chi connectivity index (χ1v) is 7.89. The normalized spacial score (nSPS) is 19.5. The first kappa shape index (κ1) is 15.4. The zero-order chi connectivity index (χ0) is 16.4. The molecule has 0 saturated carbocycles. The number of carbonyl (C=O) groups excluding carboxylic acids is 2. The lowest BCUT2D eigenvalue weighted by molar-refractivity contribution is -0.126. The van der Waals surface area contributed by atoms with E-state index in [-0.39, 0.29) is 11.8 Å². The van der Waals surface area contributed by atoms with Gasteiger partial charge in [0.05, 0.1) is 12.8 Å². The minimum atomic E-state index is -1.24. The molecule has 0 radical (unpaired) electrons. The first-order chi connectivity index (χ1) is 11.0. The van der Waals surface area contributed by atoms with Crippen LogP contribution in [0, 0.1) is 0 Å². The SMILES string of the molecule is COc1cccc(NC(=O)C2(C)Sc3ccccc3NC2=O)c1. The molecule has 0 saturated heterocycles. The van der Waals surface area contributed by atoms with E-state index in [4.69, 9.17) is 4.74 Å². The van der Waals surface area contributed by atoms with Crippen LogP contribution in [0.4, 0.5) is 11.4 Å². The summed E-state index contributed by atoms with van der Waals surface area (Å²) in [4.78, 5) is 26.0. The van der Waals surface area contributed by atoms with Gasteiger partial charge in [-0.3, -0.25) is 9.59 Å². The molecule has 1 atom stereocenters. The molecule has 0 aliphatic carbocycles. The Labute approximate surface area is 138 Å². The zero-order valence-electron chi connectivity index (χ0n) is 12.8. The lowest BCUT2D eigenvalue weighted by Gasteiger charge is -2.31.